The van der Waals surface area contributed by atoms with Crippen molar-refractivity contribution in [1.82, 2.24) is 10.2 Å². The highest BCUT2D eigenvalue weighted by Crippen LogP contribution is 2.11. The number of non-ortho nitro benzene ring substituents is 1. The zero-order valence-electron chi connectivity index (χ0n) is 13.8. The van der Waals surface area contributed by atoms with Crippen molar-refractivity contribution in [3.8, 4) is 0 Å². The molecule has 0 aromatic heterocycles. The summed E-state index contributed by atoms with van der Waals surface area (Å²) in [7, 11) is 0. The summed E-state index contributed by atoms with van der Waals surface area (Å²) < 4.78 is 0. The minimum atomic E-state index is -0.534. The molecule has 2 rings (SSSR count). The first-order valence-electron chi connectivity index (χ1n) is 7.85. The van der Waals surface area contributed by atoms with Crippen LogP contribution in [0.25, 0.3) is 0 Å². The van der Waals surface area contributed by atoms with Crippen LogP contribution < -0.4 is 5.32 Å². The van der Waals surface area contributed by atoms with Gasteiger partial charge in [-0.1, -0.05) is 30.3 Å². The predicted molar refractivity (Wildman–Crippen MR) is 93.0 cm³/mol. The van der Waals surface area contributed by atoms with Crippen LogP contribution in [-0.2, 0) is 11.3 Å². The van der Waals surface area contributed by atoms with Crippen LogP contribution in [0.5, 0.6) is 0 Å². The van der Waals surface area contributed by atoms with Crippen molar-refractivity contribution in [2.45, 2.75) is 13.5 Å². The smallest absolute Gasteiger partial charge is 0.269 e. The van der Waals surface area contributed by atoms with E-state index in [-0.39, 0.29) is 23.7 Å². The fraction of sp³-hybridized carbons (Fsp3) is 0.222. The molecular formula is C18H19N3O4. The van der Waals surface area contributed by atoms with Gasteiger partial charge in [0.05, 0.1) is 11.5 Å². The summed E-state index contributed by atoms with van der Waals surface area (Å²) in [5.41, 5.74) is 1.19. The molecule has 1 N–H and O–H groups in total. The number of carbonyl (C=O) groups is 2. The van der Waals surface area contributed by atoms with Gasteiger partial charge in [0, 0.05) is 30.8 Å². The van der Waals surface area contributed by atoms with Gasteiger partial charge in [-0.05, 0) is 24.6 Å². The molecule has 130 valence electrons. The van der Waals surface area contributed by atoms with E-state index in [0.29, 0.717) is 13.1 Å². The number of carbonyl (C=O) groups excluding carboxylic acids is 2. The zero-order chi connectivity index (χ0) is 18.2. The number of hydrogen-bond acceptors (Lipinski definition) is 4. The van der Waals surface area contributed by atoms with Crippen LogP contribution >= 0.6 is 0 Å². The van der Waals surface area contributed by atoms with E-state index in [9.17, 15) is 19.7 Å². The SMILES string of the molecule is CCN(Cc1ccccc1)C(=O)CNC(=O)c1ccc([N+](=O)[O-])cc1. The van der Waals surface area contributed by atoms with Crippen LogP contribution in [-0.4, -0.2) is 34.7 Å². The summed E-state index contributed by atoms with van der Waals surface area (Å²) in [4.78, 5) is 36.0. The number of benzene rings is 2. The highest BCUT2D eigenvalue weighted by atomic mass is 16.6. The van der Waals surface area contributed by atoms with Crippen molar-refractivity contribution in [1.29, 1.82) is 0 Å². The lowest BCUT2D eigenvalue weighted by Crippen LogP contribution is -2.39. The Morgan fingerprint density at radius 3 is 2.28 bits per heavy atom. The highest BCUT2D eigenvalue weighted by Gasteiger charge is 2.15. The minimum absolute atomic E-state index is 0.0901. The lowest BCUT2D eigenvalue weighted by Gasteiger charge is -2.21. The standard InChI is InChI=1S/C18H19N3O4/c1-2-20(13-14-6-4-3-5-7-14)17(22)12-19-18(23)15-8-10-16(11-9-15)21(24)25/h3-11H,2,12-13H2,1H3,(H,19,23). The van der Waals surface area contributed by atoms with Crippen LogP contribution in [0.4, 0.5) is 5.69 Å². The summed E-state index contributed by atoms with van der Waals surface area (Å²) in [6, 6.07) is 14.8. The van der Waals surface area contributed by atoms with E-state index in [1.54, 1.807) is 4.90 Å². The molecule has 0 unspecified atom stereocenters. The van der Waals surface area contributed by atoms with Gasteiger partial charge < -0.3 is 10.2 Å². The quantitative estimate of drug-likeness (QED) is 0.618. The average molecular weight is 341 g/mol. The topological polar surface area (TPSA) is 92.6 Å². The lowest BCUT2D eigenvalue weighted by atomic mass is 10.2. The van der Waals surface area contributed by atoms with Crippen LogP contribution in [0.3, 0.4) is 0 Å². The molecule has 0 saturated heterocycles. The van der Waals surface area contributed by atoms with Crippen molar-refractivity contribution < 1.29 is 14.5 Å². The van der Waals surface area contributed by atoms with E-state index in [4.69, 9.17) is 0 Å². The van der Waals surface area contributed by atoms with Crippen molar-refractivity contribution in [2.24, 2.45) is 0 Å². The molecule has 0 heterocycles. The molecule has 7 nitrogen and oxygen atoms in total. The molecule has 0 atom stereocenters. The Labute approximate surface area is 145 Å². The van der Waals surface area contributed by atoms with E-state index < -0.39 is 10.8 Å². The Morgan fingerprint density at radius 1 is 1.08 bits per heavy atom. The van der Waals surface area contributed by atoms with Crippen molar-refractivity contribution in [3.63, 3.8) is 0 Å². The minimum Gasteiger partial charge on any atom is -0.343 e. The number of nitro benzene ring substituents is 1. The molecule has 0 bridgehead atoms. The van der Waals surface area contributed by atoms with E-state index in [2.05, 4.69) is 5.32 Å². The summed E-state index contributed by atoms with van der Waals surface area (Å²) >= 11 is 0. The summed E-state index contributed by atoms with van der Waals surface area (Å²) in [6.07, 6.45) is 0. The monoisotopic (exact) mass is 341 g/mol. The molecule has 2 amide bonds. The maximum absolute atomic E-state index is 12.3. The molecule has 0 aliphatic carbocycles. The second kappa shape index (κ2) is 8.58. The molecule has 0 spiro atoms. The van der Waals surface area contributed by atoms with Gasteiger partial charge in [0.25, 0.3) is 11.6 Å². The summed E-state index contributed by atoms with van der Waals surface area (Å²) in [5, 5.41) is 13.2. The van der Waals surface area contributed by atoms with Crippen molar-refractivity contribution in [2.75, 3.05) is 13.1 Å². The number of amides is 2. The van der Waals surface area contributed by atoms with Gasteiger partial charge in [-0.25, -0.2) is 0 Å². The third-order valence-electron chi connectivity index (χ3n) is 3.69. The first-order chi connectivity index (χ1) is 12.0. The van der Waals surface area contributed by atoms with Crippen LogP contribution in [0.15, 0.2) is 54.6 Å². The predicted octanol–water partition coefficient (Wildman–Crippen LogP) is 2.37. The summed E-state index contributed by atoms with van der Waals surface area (Å²) in [5.74, 6) is -0.638. The summed E-state index contributed by atoms with van der Waals surface area (Å²) in [6.45, 7) is 2.75. The number of hydrogen-bond donors (Lipinski definition) is 1. The number of nitrogens with zero attached hydrogens (tertiary/aromatic N) is 2. The maximum Gasteiger partial charge on any atom is 0.269 e. The van der Waals surface area contributed by atoms with E-state index >= 15 is 0 Å². The van der Waals surface area contributed by atoms with Crippen molar-refractivity contribution >= 4 is 17.5 Å². The number of likely N-dealkylation sites (N-methyl/N-ethyl adjacent to an activating group) is 1. The Kier molecular flexibility index (Phi) is 6.22. The van der Waals surface area contributed by atoms with Gasteiger partial charge in [-0.3, -0.25) is 19.7 Å². The van der Waals surface area contributed by atoms with Gasteiger partial charge in [0.2, 0.25) is 5.91 Å². The molecule has 0 aliphatic heterocycles. The normalized spacial score (nSPS) is 10.1. The van der Waals surface area contributed by atoms with Gasteiger partial charge in [-0.15, -0.1) is 0 Å². The third kappa shape index (κ3) is 5.13. The van der Waals surface area contributed by atoms with E-state index in [0.717, 1.165) is 5.56 Å². The molecule has 0 radical (unpaired) electrons. The average Bonchev–Trinajstić information content (AvgIpc) is 2.64. The molecule has 0 aliphatic rings. The molecule has 0 fully saturated rings. The highest BCUT2D eigenvalue weighted by molar-refractivity contribution is 5.96. The fourth-order valence-electron chi connectivity index (χ4n) is 2.28. The molecule has 7 heteroatoms. The molecule has 2 aromatic rings. The first-order valence-corrected chi connectivity index (χ1v) is 7.85. The fourth-order valence-corrected chi connectivity index (χ4v) is 2.28. The van der Waals surface area contributed by atoms with Crippen LogP contribution in [0, 0.1) is 10.1 Å². The van der Waals surface area contributed by atoms with E-state index in [1.807, 2.05) is 37.3 Å². The van der Waals surface area contributed by atoms with Gasteiger partial charge >= 0.3 is 0 Å². The largest absolute Gasteiger partial charge is 0.343 e. The van der Waals surface area contributed by atoms with Crippen molar-refractivity contribution in [3.05, 3.63) is 75.8 Å². The maximum atomic E-state index is 12.3. The van der Waals surface area contributed by atoms with Crippen LogP contribution in [0.2, 0.25) is 0 Å². The molecular weight excluding hydrogens is 322 g/mol. The third-order valence-corrected chi connectivity index (χ3v) is 3.69. The Balaban J connectivity index is 1.91. The molecule has 0 saturated carbocycles. The molecule has 2 aromatic carbocycles. The Hall–Kier alpha value is -3.22. The number of rotatable bonds is 7. The second-order valence-electron chi connectivity index (χ2n) is 5.38. The Bertz CT molecular complexity index is 745. The van der Waals surface area contributed by atoms with E-state index in [1.165, 1.54) is 24.3 Å². The molecule has 25 heavy (non-hydrogen) atoms. The van der Waals surface area contributed by atoms with Gasteiger partial charge in [0.15, 0.2) is 0 Å². The number of nitrogens with one attached hydrogen (secondary N) is 1. The lowest BCUT2D eigenvalue weighted by molar-refractivity contribution is -0.384. The van der Waals surface area contributed by atoms with Gasteiger partial charge in [-0.2, -0.15) is 0 Å². The van der Waals surface area contributed by atoms with Crippen LogP contribution in [0.1, 0.15) is 22.8 Å². The first kappa shape index (κ1) is 18.1. The number of nitro groups is 1. The zero-order valence-corrected chi connectivity index (χ0v) is 13.8. The Morgan fingerprint density at radius 2 is 1.72 bits per heavy atom. The van der Waals surface area contributed by atoms with Gasteiger partial charge in [0.1, 0.15) is 0 Å². The second-order valence-corrected chi connectivity index (χ2v) is 5.38.